The van der Waals surface area contributed by atoms with Crippen LogP contribution in [-0.2, 0) is 12.8 Å². The van der Waals surface area contributed by atoms with E-state index >= 15 is 0 Å². The van der Waals surface area contributed by atoms with Gasteiger partial charge in [0.05, 0.1) is 11.3 Å². The van der Waals surface area contributed by atoms with Crippen molar-refractivity contribution in [2.75, 3.05) is 5.32 Å². The minimum Gasteiger partial charge on any atom is -0.298 e. The lowest BCUT2D eigenvalue weighted by Gasteiger charge is -2.03. The summed E-state index contributed by atoms with van der Waals surface area (Å²) in [4.78, 5) is 17.3. The van der Waals surface area contributed by atoms with Gasteiger partial charge in [-0.25, -0.2) is 13.8 Å². The topological polar surface area (TPSA) is 42.0 Å². The zero-order chi connectivity index (χ0) is 13.4. The highest BCUT2D eigenvalue weighted by atomic mass is 32.1. The molecule has 2 aromatic rings. The number of amides is 1. The molecule has 19 heavy (non-hydrogen) atoms. The maximum atomic E-state index is 13.4. The molecule has 0 saturated carbocycles. The fraction of sp³-hybridized carbons (Fsp3) is 0.231. The number of nitrogens with zero attached hydrogens (tertiary/aromatic N) is 1. The summed E-state index contributed by atoms with van der Waals surface area (Å²) in [7, 11) is 0. The predicted octanol–water partition coefficient (Wildman–Crippen LogP) is 3.16. The number of hydrogen-bond donors (Lipinski definition) is 1. The van der Waals surface area contributed by atoms with Gasteiger partial charge in [0.15, 0.2) is 5.13 Å². The summed E-state index contributed by atoms with van der Waals surface area (Å²) < 4.78 is 26.2. The number of nitrogens with one attached hydrogen (secondary N) is 1. The van der Waals surface area contributed by atoms with Crippen molar-refractivity contribution in [2.24, 2.45) is 0 Å². The predicted molar refractivity (Wildman–Crippen MR) is 68.5 cm³/mol. The third-order valence-corrected chi connectivity index (χ3v) is 4.06. The van der Waals surface area contributed by atoms with E-state index in [1.165, 1.54) is 16.2 Å². The number of aromatic nitrogens is 1. The standard InChI is InChI=1S/C13H10F2N2OS/c14-7-4-5-8(9(15)6-7)12(18)17-13-16-10-2-1-3-11(10)19-13/h4-6H,1-3H2,(H,16,17,18). The first-order chi connectivity index (χ1) is 9.13. The number of aryl methyl sites for hydroxylation is 2. The maximum Gasteiger partial charge on any atom is 0.260 e. The van der Waals surface area contributed by atoms with Crippen molar-refractivity contribution < 1.29 is 13.6 Å². The fourth-order valence-corrected chi connectivity index (χ4v) is 3.13. The molecule has 3 rings (SSSR count). The zero-order valence-electron chi connectivity index (χ0n) is 9.87. The van der Waals surface area contributed by atoms with Crippen LogP contribution in [0.25, 0.3) is 0 Å². The second-order valence-electron chi connectivity index (χ2n) is 4.32. The summed E-state index contributed by atoms with van der Waals surface area (Å²) in [5.41, 5.74) is 0.830. The Kier molecular flexibility index (Phi) is 3.02. The number of anilines is 1. The second kappa shape index (κ2) is 4.70. The number of hydrogen-bond acceptors (Lipinski definition) is 3. The van der Waals surface area contributed by atoms with Crippen LogP contribution in [-0.4, -0.2) is 10.9 Å². The van der Waals surface area contributed by atoms with Crippen LogP contribution >= 0.6 is 11.3 Å². The molecular weight excluding hydrogens is 270 g/mol. The second-order valence-corrected chi connectivity index (χ2v) is 5.40. The molecule has 1 aliphatic rings. The lowest BCUT2D eigenvalue weighted by atomic mass is 10.2. The highest BCUT2D eigenvalue weighted by Crippen LogP contribution is 2.30. The van der Waals surface area contributed by atoms with Crippen LogP contribution in [0.15, 0.2) is 18.2 Å². The molecule has 1 heterocycles. The van der Waals surface area contributed by atoms with Crippen LogP contribution in [0, 0.1) is 11.6 Å². The van der Waals surface area contributed by atoms with E-state index in [-0.39, 0.29) is 5.56 Å². The monoisotopic (exact) mass is 280 g/mol. The summed E-state index contributed by atoms with van der Waals surface area (Å²) >= 11 is 1.41. The number of rotatable bonds is 2. The zero-order valence-corrected chi connectivity index (χ0v) is 10.7. The molecule has 0 aliphatic heterocycles. The largest absolute Gasteiger partial charge is 0.298 e. The molecule has 0 unspecified atom stereocenters. The average Bonchev–Trinajstić information content (AvgIpc) is 2.89. The van der Waals surface area contributed by atoms with Gasteiger partial charge in [-0.05, 0) is 31.4 Å². The smallest absolute Gasteiger partial charge is 0.260 e. The Morgan fingerprint density at radius 3 is 2.89 bits per heavy atom. The van der Waals surface area contributed by atoms with Crippen molar-refractivity contribution in [3.63, 3.8) is 0 Å². The van der Waals surface area contributed by atoms with Gasteiger partial charge in [-0.1, -0.05) is 0 Å². The van der Waals surface area contributed by atoms with Gasteiger partial charge in [-0.2, -0.15) is 0 Å². The van der Waals surface area contributed by atoms with Crippen LogP contribution in [0.1, 0.15) is 27.3 Å². The van der Waals surface area contributed by atoms with E-state index < -0.39 is 17.5 Å². The molecule has 1 aliphatic carbocycles. The van der Waals surface area contributed by atoms with Crippen LogP contribution < -0.4 is 5.32 Å². The number of benzene rings is 1. The van der Waals surface area contributed by atoms with Gasteiger partial charge >= 0.3 is 0 Å². The van der Waals surface area contributed by atoms with E-state index in [9.17, 15) is 13.6 Å². The molecule has 0 bridgehead atoms. The van der Waals surface area contributed by atoms with E-state index in [1.807, 2.05) is 0 Å². The third-order valence-electron chi connectivity index (χ3n) is 2.99. The first-order valence-electron chi connectivity index (χ1n) is 5.88. The Bertz CT molecular complexity index is 633. The highest BCUT2D eigenvalue weighted by molar-refractivity contribution is 7.15. The number of halogens is 2. The number of carbonyl (C=O) groups is 1. The Labute approximate surface area is 112 Å². The van der Waals surface area contributed by atoms with Crippen molar-refractivity contribution in [3.05, 3.63) is 46.0 Å². The third kappa shape index (κ3) is 2.35. The first-order valence-corrected chi connectivity index (χ1v) is 6.70. The van der Waals surface area contributed by atoms with Crippen LogP contribution in [0.2, 0.25) is 0 Å². The van der Waals surface area contributed by atoms with Crippen molar-refractivity contribution in [3.8, 4) is 0 Å². The molecule has 98 valence electrons. The minimum absolute atomic E-state index is 0.184. The van der Waals surface area contributed by atoms with Gasteiger partial charge in [0.2, 0.25) is 0 Å². The normalized spacial score (nSPS) is 13.4. The SMILES string of the molecule is O=C(Nc1nc2c(s1)CCC2)c1ccc(F)cc1F. The lowest BCUT2D eigenvalue weighted by molar-refractivity contribution is 0.102. The van der Waals surface area contributed by atoms with Crippen LogP contribution in [0.5, 0.6) is 0 Å². The van der Waals surface area contributed by atoms with Crippen LogP contribution in [0.3, 0.4) is 0 Å². The summed E-state index contributed by atoms with van der Waals surface area (Å²) in [6, 6.07) is 2.87. The summed E-state index contributed by atoms with van der Waals surface area (Å²) in [5, 5.41) is 3.02. The van der Waals surface area contributed by atoms with E-state index in [4.69, 9.17) is 0 Å². The Morgan fingerprint density at radius 1 is 1.32 bits per heavy atom. The van der Waals surface area contributed by atoms with Gasteiger partial charge in [-0.3, -0.25) is 10.1 Å². The maximum absolute atomic E-state index is 13.4. The Hall–Kier alpha value is -1.82. The van der Waals surface area contributed by atoms with E-state index in [2.05, 4.69) is 10.3 Å². The molecule has 0 fully saturated rings. The summed E-state index contributed by atoms with van der Waals surface area (Å²) in [6.07, 6.45) is 3.00. The molecule has 1 N–H and O–H groups in total. The van der Waals surface area contributed by atoms with Crippen molar-refractivity contribution >= 4 is 22.4 Å². The van der Waals surface area contributed by atoms with Gasteiger partial charge in [0.1, 0.15) is 11.6 Å². The first kappa shape index (κ1) is 12.2. The Balaban J connectivity index is 1.80. The quantitative estimate of drug-likeness (QED) is 0.918. The lowest BCUT2D eigenvalue weighted by Crippen LogP contribution is -2.13. The molecule has 0 spiro atoms. The molecular formula is C13H10F2N2OS. The van der Waals surface area contributed by atoms with Crippen LogP contribution in [0.4, 0.5) is 13.9 Å². The van der Waals surface area contributed by atoms with E-state index in [0.717, 1.165) is 37.1 Å². The molecule has 1 aromatic carbocycles. The molecule has 3 nitrogen and oxygen atoms in total. The number of thiazole rings is 1. The molecule has 1 amide bonds. The summed E-state index contributed by atoms with van der Waals surface area (Å²) in [6.45, 7) is 0. The highest BCUT2D eigenvalue weighted by Gasteiger charge is 2.19. The van der Waals surface area contributed by atoms with E-state index in [0.29, 0.717) is 11.2 Å². The number of carbonyl (C=O) groups excluding carboxylic acids is 1. The van der Waals surface area contributed by atoms with Gasteiger partial charge in [-0.15, -0.1) is 11.3 Å². The van der Waals surface area contributed by atoms with Crippen molar-refractivity contribution in [2.45, 2.75) is 19.3 Å². The minimum atomic E-state index is -0.874. The molecule has 0 atom stereocenters. The Morgan fingerprint density at radius 2 is 2.16 bits per heavy atom. The van der Waals surface area contributed by atoms with Gasteiger partial charge in [0.25, 0.3) is 5.91 Å². The average molecular weight is 280 g/mol. The van der Waals surface area contributed by atoms with Gasteiger partial charge < -0.3 is 0 Å². The van der Waals surface area contributed by atoms with Crippen molar-refractivity contribution in [1.82, 2.24) is 4.98 Å². The molecule has 0 radical (unpaired) electrons. The molecule has 0 saturated heterocycles. The van der Waals surface area contributed by atoms with Crippen molar-refractivity contribution in [1.29, 1.82) is 0 Å². The molecule has 1 aromatic heterocycles. The molecule has 6 heteroatoms. The van der Waals surface area contributed by atoms with Gasteiger partial charge in [0, 0.05) is 10.9 Å². The fourth-order valence-electron chi connectivity index (χ4n) is 2.08. The summed E-state index contributed by atoms with van der Waals surface area (Å²) in [5.74, 6) is -2.19. The number of fused-ring (bicyclic) bond motifs is 1. The van der Waals surface area contributed by atoms with E-state index in [1.54, 1.807) is 0 Å².